The summed E-state index contributed by atoms with van der Waals surface area (Å²) in [5, 5.41) is 16.7. The lowest BCUT2D eigenvalue weighted by molar-refractivity contribution is -0.138. The number of nitrogens with zero attached hydrogens (tertiary/aromatic N) is 3. The van der Waals surface area contributed by atoms with Crippen LogP contribution in [0.5, 0.6) is 0 Å². The first-order valence-corrected chi connectivity index (χ1v) is 7.88. The topological polar surface area (TPSA) is 89.1 Å². The molecule has 0 fully saturated rings. The van der Waals surface area contributed by atoms with Gasteiger partial charge in [0.05, 0.1) is 17.9 Å². The van der Waals surface area contributed by atoms with E-state index in [4.69, 9.17) is 4.42 Å². The van der Waals surface area contributed by atoms with Crippen LogP contribution in [0.2, 0.25) is 0 Å². The lowest BCUT2D eigenvalue weighted by Gasteiger charge is -2.16. The third kappa shape index (κ3) is 4.30. The van der Waals surface area contributed by atoms with Gasteiger partial charge in [0.15, 0.2) is 0 Å². The largest absolute Gasteiger partial charge is 0.481 e. The Bertz CT molecular complexity index is 955. The number of halogens is 3. The number of hydrogen-bond donors (Lipinski definition) is 1. The minimum Gasteiger partial charge on any atom is -0.481 e. The number of aryl methyl sites for hydroxylation is 1. The maximum atomic E-state index is 13.4. The van der Waals surface area contributed by atoms with Gasteiger partial charge < -0.3 is 9.52 Å². The highest BCUT2D eigenvalue weighted by molar-refractivity contribution is 5.70. The molecule has 0 amide bonds. The first-order valence-electron chi connectivity index (χ1n) is 7.88. The highest BCUT2D eigenvalue weighted by atomic mass is 19.4. The van der Waals surface area contributed by atoms with Crippen LogP contribution in [0, 0.1) is 6.92 Å². The van der Waals surface area contributed by atoms with Gasteiger partial charge in [-0.2, -0.15) is 13.2 Å². The molecule has 140 valence electrons. The number of pyridine rings is 1. The second kappa shape index (κ2) is 7.18. The third-order valence-corrected chi connectivity index (χ3v) is 3.92. The van der Waals surface area contributed by atoms with Crippen molar-refractivity contribution in [1.29, 1.82) is 0 Å². The SMILES string of the molecule is Cc1nnc(C(CC(=O)O)c2cc(-c3ccncc3)cc(C(F)(F)F)c2)o1. The number of carbonyl (C=O) groups is 1. The summed E-state index contributed by atoms with van der Waals surface area (Å²) in [6, 6.07) is 6.57. The molecule has 1 atom stereocenters. The highest BCUT2D eigenvalue weighted by Crippen LogP contribution is 2.37. The maximum absolute atomic E-state index is 13.4. The molecule has 1 aromatic carbocycles. The Morgan fingerprint density at radius 2 is 1.85 bits per heavy atom. The molecule has 0 aliphatic heterocycles. The zero-order valence-electron chi connectivity index (χ0n) is 14.1. The average Bonchev–Trinajstić information content (AvgIpc) is 3.05. The van der Waals surface area contributed by atoms with Crippen molar-refractivity contribution < 1.29 is 27.5 Å². The van der Waals surface area contributed by atoms with Crippen LogP contribution in [0.25, 0.3) is 11.1 Å². The Kier molecular flexibility index (Phi) is 4.93. The Balaban J connectivity index is 2.18. The smallest absolute Gasteiger partial charge is 0.416 e. The van der Waals surface area contributed by atoms with E-state index >= 15 is 0 Å². The molecule has 3 aromatic rings. The number of alkyl halides is 3. The Morgan fingerprint density at radius 3 is 2.41 bits per heavy atom. The Morgan fingerprint density at radius 1 is 1.15 bits per heavy atom. The van der Waals surface area contributed by atoms with Crippen LogP contribution in [0.1, 0.15) is 35.2 Å². The van der Waals surface area contributed by atoms with Crippen LogP contribution in [0.3, 0.4) is 0 Å². The third-order valence-electron chi connectivity index (χ3n) is 3.92. The molecule has 0 saturated carbocycles. The molecule has 6 nitrogen and oxygen atoms in total. The monoisotopic (exact) mass is 377 g/mol. The summed E-state index contributed by atoms with van der Waals surface area (Å²) in [5.74, 6) is -2.05. The van der Waals surface area contributed by atoms with Gasteiger partial charge in [0.2, 0.25) is 11.8 Å². The van der Waals surface area contributed by atoms with E-state index in [2.05, 4.69) is 15.2 Å². The van der Waals surface area contributed by atoms with Crippen molar-refractivity contribution in [1.82, 2.24) is 15.2 Å². The average molecular weight is 377 g/mol. The number of rotatable bonds is 5. The summed E-state index contributed by atoms with van der Waals surface area (Å²) in [4.78, 5) is 15.1. The summed E-state index contributed by atoms with van der Waals surface area (Å²) in [5.41, 5.74) is 0.0445. The molecule has 0 spiro atoms. The molecule has 1 unspecified atom stereocenters. The highest BCUT2D eigenvalue weighted by Gasteiger charge is 2.33. The van der Waals surface area contributed by atoms with E-state index in [1.165, 1.54) is 25.4 Å². The van der Waals surface area contributed by atoms with Gasteiger partial charge >= 0.3 is 12.1 Å². The summed E-state index contributed by atoms with van der Waals surface area (Å²) in [7, 11) is 0. The normalized spacial score (nSPS) is 12.7. The van der Waals surface area contributed by atoms with Gasteiger partial charge in [-0.15, -0.1) is 10.2 Å². The molecular formula is C18H14F3N3O3. The summed E-state index contributed by atoms with van der Waals surface area (Å²) >= 11 is 0. The number of aromatic nitrogens is 3. The molecule has 27 heavy (non-hydrogen) atoms. The molecule has 0 bridgehead atoms. The minimum atomic E-state index is -4.60. The first-order chi connectivity index (χ1) is 12.7. The minimum absolute atomic E-state index is 0.0464. The predicted molar refractivity (Wildman–Crippen MR) is 87.8 cm³/mol. The van der Waals surface area contributed by atoms with Gasteiger partial charge in [-0.05, 0) is 41.0 Å². The molecule has 1 N–H and O–H groups in total. The second-order valence-electron chi connectivity index (χ2n) is 5.89. The molecule has 0 radical (unpaired) electrons. The fourth-order valence-corrected chi connectivity index (χ4v) is 2.70. The lowest BCUT2D eigenvalue weighted by atomic mass is 9.90. The molecule has 0 saturated heterocycles. The van der Waals surface area contributed by atoms with Crippen molar-refractivity contribution in [2.24, 2.45) is 0 Å². The fraction of sp³-hybridized carbons (Fsp3) is 0.222. The van der Waals surface area contributed by atoms with Crippen LogP contribution in [-0.4, -0.2) is 26.3 Å². The quantitative estimate of drug-likeness (QED) is 0.721. The van der Waals surface area contributed by atoms with E-state index in [1.807, 2.05) is 0 Å². The van der Waals surface area contributed by atoms with Crippen molar-refractivity contribution in [2.45, 2.75) is 25.4 Å². The van der Waals surface area contributed by atoms with Crippen molar-refractivity contribution in [2.75, 3.05) is 0 Å². The van der Waals surface area contributed by atoms with E-state index in [0.717, 1.165) is 12.1 Å². The van der Waals surface area contributed by atoms with Crippen LogP contribution in [0.15, 0.2) is 47.1 Å². The van der Waals surface area contributed by atoms with E-state index in [0.29, 0.717) is 5.56 Å². The van der Waals surface area contributed by atoms with Crippen molar-refractivity contribution in [3.8, 4) is 11.1 Å². The lowest BCUT2D eigenvalue weighted by Crippen LogP contribution is -2.12. The number of hydrogen-bond acceptors (Lipinski definition) is 5. The number of benzene rings is 1. The number of aliphatic carboxylic acids is 1. The maximum Gasteiger partial charge on any atom is 0.416 e. The zero-order valence-corrected chi connectivity index (χ0v) is 14.1. The molecule has 2 heterocycles. The van der Waals surface area contributed by atoms with Crippen LogP contribution >= 0.6 is 0 Å². The Hall–Kier alpha value is -3.23. The van der Waals surface area contributed by atoms with Crippen molar-refractivity contribution in [3.05, 3.63) is 65.6 Å². The molecule has 2 aromatic heterocycles. The van der Waals surface area contributed by atoms with Gasteiger partial charge in [0.25, 0.3) is 0 Å². The van der Waals surface area contributed by atoms with Crippen LogP contribution < -0.4 is 0 Å². The van der Waals surface area contributed by atoms with Gasteiger partial charge in [-0.3, -0.25) is 9.78 Å². The first kappa shape index (κ1) is 18.6. The van der Waals surface area contributed by atoms with Crippen LogP contribution in [0.4, 0.5) is 13.2 Å². The number of carboxylic acids is 1. The van der Waals surface area contributed by atoms with Crippen LogP contribution in [-0.2, 0) is 11.0 Å². The molecule has 0 aliphatic carbocycles. The van der Waals surface area contributed by atoms with Gasteiger partial charge in [-0.25, -0.2) is 0 Å². The van der Waals surface area contributed by atoms with E-state index in [9.17, 15) is 23.1 Å². The molecule has 9 heteroatoms. The van der Waals surface area contributed by atoms with E-state index in [-0.39, 0.29) is 22.9 Å². The zero-order chi connectivity index (χ0) is 19.6. The summed E-state index contributed by atoms with van der Waals surface area (Å²) < 4.78 is 45.5. The summed E-state index contributed by atoms with van der Waals surface area (Å²) in [6.45, 7) is 1.52. The number of carboxylic acid groups (broad SMARTS) is 1. The van der Waals surface area contributed by atoms with Crippen molar-refractivity contribution in [3.63, 3.8) is 0 Å². The van der Waals surface area contributed by atoms with E-state index < -0.39 is 30.0 Å². The van der Waals surface area contributed by atoms with E-state index in [1.54, 1.807) is 12.1 Å². The predicted octanol–water partition coefficient (Wildman–Crippen LogP) is 4.07. The van der Waals surface area contributed by atoms with Gasteiger partial charge in [-0.1, -0.05) is 6.07 Å². The molecular weight excluding hydrogens is 363 g/mol. The second-order valence-corrected chi connectivity index (χ2v) is 5.89. The van der Waals surface area contributed by atoms with Crippen molar-refractivity contribution >= 4 is 5.97 Å². The molecule has 3 rings (SSSR count). The standard InChI is InChI=1S/C18H14F3N3O3/c1-10-23-24-17(27-10)15(9-16(25)26)13-6-12(11-2-4-22-5-3-11)7-14(8-13)18(19,20)21/h2-8,15H,9H2,1H3,(H,25,26). The summed E-state index contributed by atoms with van der Waals surface area (Å²) in [6.07, 6.45) is -2.16. The fourth-order valence-electron chi connectivity index (χ4n) is 2.70. The Labute approximate surface area is 151 Å². The van der Waals surface area contributed by atoms with Gasteiger partial charge in [0, 0.05) is 19.3 Å². The molecule has 0 aliphatic rings. The van der Waals surface area contributed by atoms with Gasteiger partial charge in [0.1, 0.15) is 0 Å².